The molecule has 1 amide bonds. The largest absolute Gasteiger partial charge is 0.353 e. The molecule has 0 aromatic heterocycles. The molecule has 1 aromatic carbocycles. The Morgan fingerprint density at radius 3 is 2.67 bits per heavy atom. The Morgan fingerprint density at radius 1 is 1.33 bits per heavy atom. The van der Waals surface area contributed by atoms with Crippen molar-refractivity contribution < 1.29 is 13.2 Å². The van der Waals surface area contributed by atoms with Crippen molar-refractivity contribution >= 4 is 15.7 Å². The lowest BCUT2D eigenvalue weighted by Gasteiger charge is -2.15. The van der Waals surface area contributed by atoms with Crippen LogP contribution in [0.3, 0.4) is 0 Å². The van der Waals surface area contributed by atoms with Gasteiger partial charge in [-0.25, -0.2) is 8.42 Å². The summed E-state index contributed by atoms with van der Waals surface area (Å²) < 4.78 is 23.3. The van der Waals surface area contributed by atoms with Crippen molar-refractivity contribution in [3.8, 4) is 0 Å². The summed E-state index contributed by atoms with van der Waals surface area (Å²) in [5.41, 5.74) is 6.99. The number of aryl methyl sites for hydroxylation is 1. The number of carbonyl (C=O) groups is 1. The molecule has 0 bridgehead atoms. The van der Waals surface area contributed by atoms with Crippen molar-refractivity contribution in [1.29, 1.82) is 0 Å². The molecule has 1 heterocycles. The summed E-state index contributed by atoms with van der Waals surface area (Å²) in [6.45, 7) is 0.181. The third-order valence-corrected chi connectivity index (χ3v) is 6.17. The highest BCUT2D eigenvalue weighted by atomic mass is 32.2. The monoisotopic (exact) mass is 310 g/mol. The van der Waals surface area contributed by atoms with Crippen LogP contribution in [0.2, 0.25) is 0 Å². The smallest absolute Gasteiger partial charge is 0.236 e. The van der Waals surface area contributed by atoms with Crippen molar-refractivity contribution in [2.75, 3.05) is 12.3 Å². The van der Waals surface area contributed by atoms with Gasteiger partial charge < -0.3 is 11.1 Å². The minimum atomic E-state index is -3.02. The zero-order chi connectivity index (χ0) is 15.3. The second-order valence-corrected chi connectivity index (χ2v) is 7.91. The minimum absolute atomic E-state index is 0.181. The molecule has 1 aromatic rings. The number of sulfone groups is 1. The lowest BCUT2D eigenvalue weighted by molar-refractivity contribution is -0.122. The number of carbonyl (C=O) groups excluding carboxylic acids is 1. The van der Waals surface area contributed by atoms with E-state index in [1.165, 1.54) is 0 Å². The molecule has 0 saturated carbocycles. The van der Waals surface area contributed by atoms with Crippen LogP contribution in [-0.4, -0.2) is 37.9 Å². The summed E-state index contributed by atoms with van der Waals surface area (Å²) in [6, 6.07) is 9.23. The summed E-state index contributed by atoms with van der Waals surface area (Å²) in [5.74, 6) is -0.0406. The zero-order valence-electron chi connectivity index (χ0n) is 12.0. The SMILES string of the molecule is N[C@@H](CCc1ccccc1)C(=O)NCC1CCCS1(=O)=O. The van der Waals surface area contributed by atoms with Gasteiger partial charge in [0.25, 0.3) is 0 Å². The molecule has 3 N–H and O–H groups in total. The number of rotatable bonds is 6. The Hall–Kier alpha value is -1.40. The van der Waals surface area contributed by atoms with Gasteiger partial charge in [0.1, 0.15) is 0 Å². The molecule has 0 aliphatic carbocycles. The molecule has 2 atom stereocenters. The standard InChI is InChI=1S/C15H22N2O3S/c16-14(9-8-12-5-2-1-3-6-12)15(18)17-11-13-7-4-10-21(13,19)20/h1-3,5-6,13-14H,4,7-11,16H2,(H,17,18)/t13?,14-/m0/s1. The van der Waals surface area contributed by atoms with Crippen molar-refractivity contribution in [2.24, 2.45) is 5.73 Å². The fourth-order valence-electron chi connectivity index (χ4n) is 2.53. The van der Waals surface area contributed by atoms with Gasteiger partial charge in [0, 0.05) is 6.54 Å². The maximum absolute atomic E-state index is 11.9. The van der Waals surface area contributed by atoms with E-state index in [1.807, 2.05) is 30.3 Å². The highest BCUT2D eigenvalue weighted by Crippen LogP contribution is 2.19. The predicted octanol–water partition coefficient (Wildman–Crippen LogP) is 0.640. The van der Waals surface area contributed by atoms with E-state index in [9.17, 15) is 13.2 Å². The Kier molecular flexibility index (Phi) is 5.36. The summed E-state index contributed by atoms with van der Waals surface area (Å²) >= 11 is 0. The van der Waals surface area contributed by atoms with Crippen LogP contribution < -0.4 is 11.1 Å². The molecule has 21 heavy (non-hydrogen) atoms. The van der Waals surface area contributed by atoms with Crippen LogP contribution in [0.15, 0.2) is 30.3 Å². The Balaban J connectivity index is 1.75. The number of hydrogen-bond acceptors (Lipinski definition) is 4. The third-order valence-electron chi connectivity index (χ3n) is 3.89. The van der Waals surface area contributed by atoms with Crippen LogP contribution >= 0.6 is 0 Å². The minimum Gasteiger partial charge on any atom is -0.353 e. The Morgan fingerprint density at radius 2 is 2.05 bits per heavy atom. The van der Waals surface area contributed by atoms with E-state index in [0.717, 1.165) is 12.0 Å². The maximum Gasteiger partial charge on any atom is 0.236 e. The summed E-state index contributed by atoms with van der Waals surface area (Å²) in [6.07, 6.45) is 2.59. The molecule has 1 fully saturated rings. The van der Waals surface area contributed by atoms with Crippen LogP contribution in [0.4, 0.5) is 0 Å². The highest BCUT2D eigenvalue weighted by Gasteiger charge is 2.31. The number of nitrogens with two attached hydrogens (primary N) is 1. The van der Waals surface area contributed by atoms with Crippen molar-refractivity contribution in [3.05, 3.63) is 35.9 Å². The van der Waals surface area contributed by atoms with Gasteiger partial charge in [-0.1, -0.05) is 30.3 Å². The molecule has 1 aliphatic heterocycles. The van der Waals surface area contributed by atoms with Gasteiger partial charge in [0.15, 0.2) is 9.84 Å². The molecular formula is C15H22N2O3S. The van der Waals surface area contributed by atoms with E-state index < -0.39 is 21.1 Å². The molecule has 1 saturated heterocycles. The predicted molar refractivity (Wildman–Crippen MR) is 82.6 cm³/mol. The zero-order valence-corrected chi connectivity index (χ0v) is 12.8. The first kappa shape index (κ1) is 16.0. The lowest BCUT2D eigenvalue weighted by Crippen LogP contribution is -2.44. The normalized spacial score (nSPS) is 21.9. The number of hydrogen-bond donors (Lipinski definition) is 2. The average molecular weight is 310 g/mol. The van der Waals surface area contributed by atoms with E-state index >= 15 is 0 Å². The molecule has 1 unspecified atom stereocenters. The summed E-state index contributed by atoms with van der Waals surface area (Å²) in [4.78, 5) is 11.9. The third kappa shape index (κ3) is 4.54. The fourth-order valence-corrected chi connectivity index (χ4v) is 4.30. The lowest BCUT2D eigenvalue weighted by atomic mass is 10.1. The molecule has 1 aliphatic rings. The van der Waals surface area contributed by atoms with Crippen LogP contribution in [0.25, 0.3) is 0 Å². The molecular weight excluding hydrogens is 288 g/mol. The number of nitrogens with one attached hydrogen (secondary N) is 1. The summed E-state index contributed by atoms with van der Waals surface area (Å²) in [5, 5.41) is 2.23. The van der Waals surface area contributed by atoms with Crippen LogP contribution in [0, 0.1) is 0 Å². The van der Waals surface area contributed by atoms with Gasteiger partial charge in [0.2, 0.25) is 5.91 Å². The summed E-state index contributed by atoms with van der Waals surface area (Å²) in [7, 11) is -3.02. The molecule has 5 nitrogen and oxygen atoms in total. The van der Waals surface area contributed by atoms with Gasteiger partial charge in [-0.2, -0.15) is 0 Å². The van der Waals surface area contributed by atoms with Gasteiger partial charge in [0.05, 0.1) is 17.0 Å². The molecule has 116 valence electrons. The first-order valence-corrected chi connectivity index (χ1v) is 8.99. The molecule has 0 radical (unpaired) electrons. The van der Waals surface area contributed by atoms with E-state index in [2.05, 4.69) is 5.32 Å². The van der Waals surface area contributed by atoms with E-state index in [4.69, 9.17) is 5.73 Å². The van der Waals surface area contributed by atoms with Gasteiger partial charge in [-0.15, -0.1) is 0 Å². The van der Waals surface area contributed by atoms with Crippen molar-refractivity contribution in [2.45, 2.75) is 37.0 Å². The van der Waals surface area contributed by atoms with Gasteiger partial charge in [-0.3, -0.25) is 4.79 Å². The molecule has 6 heteroatoms. The first-order valence-electron chi connectivity index (χ1n) is 7.28. The average Bonchev–Trinajstić information content (AvgIpc) is 2.82. The molecule has 2 rings (SSSR count). The van der Waals surface area contributed by atoms with E-state index in [-0.39, 0.29) is 18.2 Å². The van der Waals surface area contributed by atoms with Crippen LogP contribution in [-0.2, 0) is 21.1 Å². The van der Waals surface area contributed by atoms with Crippen LogP contribution in [0.1, 0.15) is 24.8 Å². The van der Waals surface area contributed by atoms with Crippen molar-refractivity contribution in [1.82, 2.24) is 5.32 Å². The van der Waals surface area contributed by atoms with Crippen LogP contribution in [0.5, 0.6) is 0 Å². The van der Waals surface area contributed by atoms with Crippen molar-refractivity contribution in [3.63, 3.8) is 0 Å². The topological polar surface area (TPSA) is 89.3 Å². The second kappa shape index (κ2) is 7.04. The quantitative estimate of drug-likeness (QED) is 0.807. The second-order valence-electron chi connectivity index (χ2n) is 5.51. The van der Waals surface area contributed by atoms with E-state index in [0.29, 0.717) is 19.3 Å². The highest BCUT2D eigenvalue weighted by molar-refractivity contribution is 7.92. The Bertz CT molecular complexity index is 572. The van der Waals surface area contributed by atoms with E-state index in [1.54, 1.807) is 0 Å². The fraction of sp³-hybridized carbons (Fsp3) is 0.533. The number of benzene rings is 1. The number of amides is 1. The first-order chi connectivity index (χ1) is 9.99. The van der Waals surface area contributed by atoms with Gasteiger partial charge in [-0.05, 0) is 31.2 Å². The Labute approximate surface area is 125 Å². The van der Waals surface area contributed by atoms with Gasteiger partial charge >= 0.3 is 0 Å². The molecule has 0 spiro atoms. The maximum atomic E-state index is 11.9.